The lowest BCUT2D eigenvalue weighted by Gasteiger charge is -2.25. The highest BCUT2D eigenvalue weighted by Gasteiger charge is 2.20. The molecule has 1 fully saturated rings. The van der Waals surface area contributed by atoms with E-state index in [1.54, 1.807) is 12.1 Å². The van der Waals surface area contributed by atoms with Gasteiger partial charge in [-0.3, -0.25) is 0 Å². The number of rotatable bonds is 4. The molecule has 92 valence electrons. The lowest BCUT2D eigenvalue weighted by atomic mass is 9.88. The summed E-state index contributed by atoms with van der Waals surface area (Å²) in [6.45, 7) is 0.525. The van der Waals surface area contributed by atoms with Gasteiger partial charge >= 0.3 is 0 Å². The van der Waals surface area contributed by atoms with Crippen molar-refractivity contribution in [1.82, 2.24) is 0 Å². The Morgan fingerprint density at radius 1 is 1.18 bits per heavy atom. The molecule has 2 nitrogen and oxygen atoms in total. The minimum atomic E-state index is -0.222. The van der Waals surface area contributed by atoms with E-state index >= 15 is 0 Å². The number of halogens is 1. The van der Waals surface area contributed by atoms with E-state index in [0.29, 0.717) is 6.61 Å². The van der Waals surface area contributed by atoms with E-state index in [9.17, 15) is 9.18 Å². The third-order valence-electron chi connectivity index (χ3n) is 3.31. The Bertz CT molecular complexity index is 353. The molecule has 1 aliphatic carbocycles. The first-order valence-electron chi connectivity index (χ1n) is 6.09. The molecule has 1 aromatic rings. The molecule has 0 N–H and O–H groups in total. The van der Waals surface area contributed by atoms with E-state index < -0.39 is 0 Å². The maximum Gasteiger partial charge on any atom is 0.123 e. The van der Waals surface area contributed by atoms with Gasteiger partial charge in [0.15, 0.2) is 0 Å². The molecule has 1 saturated carbocycles. The van der Waals surface area contributed by atoms with Crippen LogP contribution in [0.3, 0.4) is 0 Å². The van der Waals surface area contributed by atoms with E-state index in [2.05, 4.69) is 0 Å². The van der Waals surface area contributed by atoms with Gasteiger partial charge in [-0.05, 0) is 43.4 Å². The summed E-state index contributed by atoms with van der Waals surface area (Å²) in [6, 6.07) is 6.38. The van der Waals surface area contributed by atoms with Crippen LogP contribution >= 0.6 is 0 Å². The highest BCUT2D eigenvalue weighted by molar-refractivity contribution is 5.53. The summed E-state index contributed by atoms with van der Waals surface area (Å²) in [6.07, 6.45) is 5.05. The minimum absolute atomic E-state index is 0.222. The van der Waals surface area contributed by atoms with Crippen LogP contribution in [0.15, 0.2) is 24.3 Å². The molecule has 0 unspecified atom stereocenters. The van der Waals surface area contributed by atoms with Crippen molar-refractivity contribution < 1.29 is 13.9 Å². The molecule has 17 heavy (non-hydrogen) atoms. The van der Waals surface area contributed by atoms with Crippen LogP contribution in [0.5, 0.6) is 0 Å². The summed E-state index contributed by atoms with van der Waals surface area (Å²) in [4.78, 5) is 10.6. The van der Waals surface area contributed by atoms with Crippen LogP contribution in [-0.4, -0.2) is 12.4 Å². The largest absolute Gasteiger partial charge is 0.374 e. The van der Waals surface area contributed by atoms with Gasteiger partial charge in [0.05, 0.1) is 12.7 Å². The number of carbonyl (C=O) groups is 1. The standard InChI is InChI=1S/C14H17FO2/c15-13-5-1-12(2-6-13)10-17-14-7-3-11(9-16)4-8-14/h1-2,5-6,9,11,14H,3-4,7-8,10H2. The van der Waals surface area contributed by atoms with Crippen LogP contribution in [0.25, 0.3) is 0 Å². The predicted octanol–water partition coefficient (Wildman–Crippen LogP) is 3.10. The van der Waals surface area contributed by atoms with Crippen LogP contribution in [0.2, 0.25) is 0 Å². The zero-order valence-corrected chi connectivity index (χ0v) is 9.77. The van der Waals surface area contributed by atoms with E-state index in [4.69, 9.17) is 4.74 Å². The molecule has 0 amide bonds. The molecule has 1 aromatic carbocycles. The smallest absolute Gasteiger partial charge is 0.123 e. The van der Waals surface area contributed by atoms with Crippen LogP contribution in [0.1, 0.15) is 31.2 Å². The maximum absolute atomic E-state index is 12.7. The van der Waals surface area contributed by atoms with Crippen LogP contribution in [0.4, 0.5) is 4.39 Å². The van der Waals surface area contributed by atoms with Crippen molar-refractivity contribution in [3.63, 3.8) is 0 Å². The molecular weight excluding hydrogens is 219 g/mol. The summed E-state index contributed by atoms with van der Waals surface area (Å²) >= 11 is 0. The van der Waals surface area contributed by atoms with E-state index in [1.165, 1.54) is 12.1 Å². The Balaban J connectivity index is 1.75. The van der Waals surface area contributed by atoms with Gasteiger partial charge in [0.1, 0.15) is 12.1 Å². The van der Waals surface area contributed by atoms with Gasteiger partial charge in [0, 0.05) is 5.92 Å². The van der Waals surface area contributed by atoms with Gasteiger partial charge < -0.3 is 9.53 Å². The Morgan fingerprint density at radius 3 is 2.41 bits per heavy atom. The van der Waals surface area contributed by atoms with Gasteiger partial charge in [-0.2, -0.15) is 0 Å². The maximum atomic E-state index is 12.7. The molecule has 0 heterocycles. The normalized spacial score (nSPS) is 24.5. The number of hydrogen-bond donors (Lipinski definition) is 0. The molecule has 1 aliphatic rings. The molecule has 0 radical (unpaired) electrons. The van der Waals surface area contributed by atoms with Crippen molar-refractivity contribution in [1.29, 1.82) is 0 Å². The van der Waals surface area contributed by atoms with Crippen molar-refractivity contribution in [2.45, 2.75) is 38.4 Å². The fourth-order valence-electron chi connectivity index (χ4n) is 2.19. The second kappa shape index (κ2) is 5.92. The first-order valence-corrected chi connectivity index (χ1v) is 6.09. The Kier molecular flexibility index (Phi) is 4.26. The highest BCUT2D eigenvalue weighted by Crippen LogP contribution is 2.25. The SMILES string of the molecule is O=CC1CCC(OCc2ccc(F)cc2)CC1. The summed E-state index contributed by atoms with van der Waals surface area (Å²) in [5.41, 5.74) is 0.990. The first-order chi connectivity index (χ1) is 8.28. The summed E-state index contributed by atoms with van der Waals surface area (Å²) < 4.78 is 18.5. The van der Waals surface area contributed by atoms with E-state index in [1.807, 2.05) is 0 Å². The lowest BCUT2D eigenvalue weighted by molar-refractivity contribution is -0.113. The molecular formula is C14H17FO2. The fourth-order valence-corrected chi connectivity index (χ4v) is 2.19. The van der Waals surface area contributed by atoms with Gasteiger partial charge in [-0.1, -0.05) is 12.1 Å². The monoisotopic (exact) mass is 236 g/mol. The molecule has 0 saturated heterocycles. The van der Waals surface area contributed by atoms with Crippen molar-refractivity contribution in [3.8, 4) is 0 Å². The molecule has 2 rings (SSSR count). The van der Waals surface area contributed by atoms with Crippen molar-refractivity contribution in [2.75, 3.05) is 0 Å². The second-order valence-corrected chi connectivity index (χ2v) is 4.61. The second-order valence-electron chi connectivity index (χ2n) is 4.61. The Morgan fingerprint density at radius 2 is 1.82 bits per heavy atom. The molecule has 0 aliphatic heterocycles. The summed E-state index contributed by atoms with van der Waals surface area (Å²) in [7, 11) is 0. The number of ether oxygens (including phenoxy) is 1. The van der Waals surface area contributed by atoms with Gasteiger partial charge in [-0.15, -0.1) is 0 Å². The third-order valence-corrected chi connectivity index (χ3v) is 3.31. The summed E-state index contributed by atoms with van der Waals surface area (Å²) in [5, 5.41) is 0. The quantitative estimate of drug-likeness (QED) is 0.751. The van der Waals surface area contributed by atoms with Crippen LogP contribution in [0, 0.1) is 11.7 Å². The number of aldehydes is 1. The third kappa shape index (κ3) is 3.63. The molecule has 3 heteroatoms. The predicted molar refractivity (Wildman–Crippen MR) is 63.0 cm³/mol. The Labute approximate surface area is 101 Å². The first kappa shape index (κ1) is 12.2. The van der Waals surface area contributed by atoms with E-state index in [-0.39, 0.29) is 17.8 Å². The van der Waals surface area contributed by atoms with E-state index in [0.717, 1.165) is 37.5 Å². The van der Waals surface area contributed by atoms with Crippen molar-refractivity contribution >= 4 is 6.29 Å². The number of hydrogen-bond acceptors (Lipinski definition) is 2. The van der Waals surface area contributed by atoms with Crippen LogP contribution < -0.4 is 0 Å². The average Bonchev–Trinajstić information content (AvgIpc) is 2.39. The molecule has 0 atom stereocenters. The molecule has 0 aromatic heterocycles. The topological polar surface area (TPSA) is 26.3 Å². The van der Waals surface area contributed by atoms with Gasteiger partial charge in [-0.25, -0.2) is 4.39 Å². The average molecular weight is 236 g/mol. The fraction of sp³-hybridized carbons (Fsp3) is 0.500. The summed E-state index contributed by atoms with van der Waals surface area (Å²) in [5.74, 6) is 0.000845. The number of carbonyl (C=O) groups excluding carboxylic acids is 1. The Hall–Kier alpha value is -1.22. The zero-order chi connectivity index (χ0) is 12.1. The molecule has 0 spiro atoms. The van der Waals surface area contributed by atoms with Crippen molar-refractivity contribution in [2.24, 2.45) is 5.92 Å². The highest BCUT2D eigenvalue weighted by atomic mass is 19.1. The van der Waals surface area contributed by atoms with Gasteiger partial charge in [0.2, 0.25) is 0 Å². The minimum Gasteiger partial charge on any atom is -0.374 e. The lowest BCUT2D eigenvalue weighted by Crippen LogP contribution is -2.22. The van der Waals surface area contributed by atoms with Crippen LogP contribution in [-0.2, 0) is 16.1 Å². The zero-order valence-electron chi connectivity index (χ0n) is 9.77. The van der Waals surface area contributed by atoms with Gasteiger partial charge in [0.25, 0.3) is 0 Å². The molecule has 0 bridgehead atoms. The van der Waals surface area contributed by atoms with Crippen molar-refractivity contribution in [3.05, 3.63) is 35.6 Å². The number of benzene rings is 1.